The van der Waals surface area contributed by atoms with Crippen molar-refractivity contribution in [3.8, 4) is 0 Å². The maximum atomic E-state index is 12.0. The fraction of sp³-hybridized carbons (Fsp3) is 0.278. The number of carbonyl (C=O) groups is 1. The summed E-state index contributed by atoms with van der Waals surface area (Å²) in [5.74, 6) is -0.333. The molecule has 2 aromatic carbocycles. The molecule has 21 heavy (non-hydrogen) atoms. The fourth-order valence-corrected chi connectivity index (χ4v) is 2.14. The number of rotatable bonds is 6. The zero-order chi connectivity index (χ0) is 15.1. The van der Waals surface area contributed by atoms with Crippen molar-refractivity contribution in [2.45, 2.75) is 13.5 Å². The van der Waals surface area contributed by atoms with Crippen LogP contribution in [0.3, 0.4) is 0 Å². The Labute approximate surface area is 126 Å². The molecule has 0 aromatic heterocycles. The van der Waals surface area contributed by atoms with Gasteiger partial charge in [-0.2, -0.15) is 0 Å². The molecule has 0 amide bonds. The number of carbonyl (C=O) groups excluding carboxylic acids is 1. The summed E-state index contributed by atoms with van der Waals surface area (Å²) in [4.78, 5) is 14.1. The maximum Gasteiger partial charge on any atom is 0.310 e. The Morgan fingerprint density at radius 3 is 2.24 bits per heavy atom. The summed E-state index contributed by atoms with van der Waals surface area (Å²) in [6, 6.07) is 19.8. The summed E-state index contributed by atoms with van der Waals surface area (Å²) in [5.41, 5.74) is 2.11. The van der Waals surface area contributed by atoms with Crippen LogP contribution < -0.4 is 4.90 Å². The highest BCUT2D eigenvalue weighted by molar-refractivity contribution is 5.73. The third-order valence-corrected chi connectivity index (χ3v) is 3.37. The van der Waals surface area contributed by atoms with Crippen molar-refractivity contribution >= 4 is 11.7 Å². The van der Waals surface area contributed by atoms with E-state index in [1.807, 2.05) is 74.6 Å². The van der Waals surface area contributed by atoms with E-state index in [1.54, 1.807) is 0 Å². The molecule has 0 fully saturated rings. The van der Waals surface area contributed by atoms with Crippen molar-refractivity contribution in [2.75, 3.05) is 18.5 Å². The van der Waals surface area contributed by atoms with Gasteiger partial charge in [-0.05, 0) is 17.7 Å². The Balaban J connectivity index is 1.82. The second-order valence-electron chi connectivity index (χ2n) is 5.21. The zero-order valence-electron chi connectivity index (χ0n) is 12.5. The van der Waals surface area contributed by atoms with E-state index < -0.39 is 0 Å². The van der Waals surface area contributed by atoms with E-state index in [1.165, 1.54) is 0 Å². The van der Waals surface area contributed by atoms with E-state index in [9.17, 15) is 4.79 Å². The standard InChI is InChI=1S/C18H21NO2/c1-15(13-19(2)17-11-7-4-8-12-17)18(20)21-14-16-9-5-3-6-10-16/h3-12,15H,13-14H2,1-2H3. The van der Waals surface area contributed by atoms with Crippen LogP contribution in [0.5, 0.6) is 0 Å². The fourth-order valence-electron chi connectivity index (χ4n) is 2.14. The molecule has 3 nitrogen and oxygen atoms in total. The number of ether oxygens (including phenoxy) is 1. The molecule has 0 aliphatic carbocycles. The predicted molar refractivity (Wildman–Crippen MR) is 85.1 cm³/mol. The summed E-state index contributed by atoms with van der Waals surface area (Å²) in [6.07, 6.45) is 0. The van der Waals surface area contributed by atoms with Gasteiger partial charge < -0.3 is 9.64 Å². The van der Waals surface area contributed by atoms with Gasteiger partial charge >= 0.3 is 5.97 Å². The van der Waals surface area contributed by atoms with Crippen LogP contribution in [-0.4, -0.2) is 19.6 Å². The summed E-state index contributed by atoms with van der Waals surface area (Å²) < 4.78 is 5.36. The third-order valence-electron chi connectivity index (χ3n) is 3.37. The first-order valence-electron chi connectivity index (χ1n) is 7.13. The van der Waals surface area contributed by atoms with Crippen molar-refractivity contribution in [2.24, 2.45) is 5.92 Å². The van der Waals surface area contributed by atoms with E-state index in [4.69, 9.17) is 4.74 Å². The first-order valence-corrected chi connectivity index (χ1v) is 7.13. The topological polar surface area (TPSA) is 29.5 Å². The number of anilines is 1. The van der Waals surface area contributed by atoms with Gasteiger partial charge in [-0.1, -0.05) is 55.5 Å². The molecule has 0 heterocycles. The Hall–Kier alpha value is -2.29. The van der Waals surface area contributed by atoms with Crippen molar-refractivity contribution in [1.29, 1.82) is 0 Å². The first kappa shape index (κ1) is 15.1. The Morgan fingerprint density at radius 2 is 1.62 bits per heavy atom. The van der Waals surface area contributed by atoms with Crippen LogP contribution in [0.1, 0.15) is 12.5 Å². The average Bonchev–Trinajstić information content (AvgIpc) is 2.54. The van der Waals surface area contributed by atoms with Gasteiger partial charge in [0.2, 0.25) is 0 Å². The van der Waals surface area contributed by atoms with Gasteiger partial charge in [0.05, 0.1) is 5.92 Å². The Bertz CT molecular complexity index is 554. The summed E-state index contributed by atoms with van der Waals surface area (Å²) >= 11 is 0. The zero-order valence-corrected chi connectivity index (χ0v) is 12.5. The molecule has 2 rings (SSSR count). The SMILES string of the molecule is CC(CN(C)c1ccccc1)C(=O)OCc1ccccc1. The number of nitrogens with zero attached hydrogens (tertiary/aromatic N) is 1. The molecule has 0 bridgehead atoms. The van der Waals surface area contributed by atoms with Gasteiger partial charge in [0.15, 0.2) is 0 Å². The third kappa shape index (κ3) is 4.63. The summed E-state index contributed by atoms with van der Waals surface area (Å²) in [7, 11) is 1.98. The second kappa shape index (κ2) is 7.48. The van der Waals surface area contributed by atoms with Gasteiger partial charge in [0.1, 0.15) is 6.61 Å². The van der Waals surface area contributed by atoms with Crippen LogP contribution in [-0.2, 0) is 16.1 Å². The van der Waals surface area contributed by atoms with Crippen molar-refractivity contribution in [3.05, 3.63) is 66.2 Å². The van der Waals surface area contributed by atoms with Gasteiger partial charge in [-0.3, -0.25) is 4.79 Å². The maximum absolute atomic E-state index is 12.0. The lowest BCUT2D eigenvalue weighted by Gasteiger charge is -2.22. The van der Waals surface area contributed by atoms with E-state index in [2.05, 4.69) is 4.90 Å². The highest BCUT2D eigenvalue weighted by Crippen LogP contribution is 2.14. The number of hydrogen-bond acceptors (Lipinski definition) is 3. The first-order chi connectivity index (χ1) is 10.2. The van der Waals surface area contributed by atoms with Gasteiger partial charge in [-0.15, -0.1) is 0 Å². The van der Waals surface area contributed by atoms with E-state index in [0.29, 0.717) is 13.2 Å². The molecule has 2 aromatic rings. The van der Waals surface area contributed by atoms with Crippen LogP contribution in [0.4, 0.5) is 5.69 Å². The second-order valence-corrected chi connectivity index (χ2v) is 5.21. The van der Waals surface area contributed by atoms with Crippen LogP contribution in [0.15, 0.2) is 60.7 Å². The minimum absolute atomic E-state index is 0.165. The van der Waals surface area contributed by atoms with Crippen molar-refractivity contribution in [1.82, 2.24) is 0 Å². The molecular weight excluding hydrogens is 262 g/mol. The molecule has 0 aliphatic rings. The lowest BCUT2D eigenvalue weighted by molar-refractivity contribution is -0.148. The molecule has 110 valence electrons. The number of benzene rings is 2. The number of hydrogen-bond donors (Lipinski definition) is 0. The highest BCUT2D eigenvalue weighted by atomic mass is 16.5. The molecule has 0 radical (unpaired) electrons. The Kier molecular flexibility index (Phi) is 5.38. The lowest BCUT2D eigenvalue weighted by atomic mass is 10.1. The number of esters is 1. The smallest absolute Gasteiger partial charge is 0.310 e. The van der Waals surface area contributed by atoms with E-state index in [-0.39, 0.29) is 11.9 Å². The molecule has 3 heteroatoms. The number of para-hydroxylation sites is 1. The van der Waals surface area contributed by atoms with E-state index >= 15 is 0 Å². The van der Waals surface area contributed by atoms with Crippen LogP contribution in [0.25, 0.3) is 0 Å². The predicted octanol–water partition coefficient (Wildman–Crippen LogP) is 3.50. The largest absolute Gasteiger partial charge is 0.461 e. The van der Waals surface area contributed by atoms with Gasteiger partial charge in [0.25, 0.3) is 0 Å². The lowest BCUT2D eigenvalue weighted by Crippen LogP contribution is -2.29. The molecule has 0 N–H and O–H groups in total. The quantitative estimate of drug-likeness (QED) is 0.760. The minimum atomic E-state index is -0.168. The van der Waals surface area contributed by atoms with Crippen LogP contribution >= 0.6 is 0 Å². The van der Waals surface area contributed by atoms with Crippen LogP contribution in [0.2, 0.25) is 0 Å². The van der Waals surface area contributed by atoms with E-state index in [0.717, 1.165) is 11.3 Å². The molecule has 1 unspecified atom stereocenters. The monoisotopic (exact) mass is 283 g/mol. The molecule has 0 saturated heterocycles. The molecule has 0 spiro atoms. The van der Waals surface area contributed by atoms with Crippen molar-refractivity contribution < 1.29 is 9.53 Å². The van der Waals surface area contributed by atoms with Crippen molar-refractivity contribution in [3.63, 3.8) is 0 Å². The van der Waals surface area contributed by atoms with Gasteiger partial charge in [0, 0.05) is 19.3 Å². The molecule has 1 atom stereocenters. The van der Waals surface area contributed by atoms with Crippen LogP contribution in [0, 0.1) is 5.92 Å². The average molecular weight is 283 g/mol. The van der Waals surface area contributed by atoms with Gasteiger partial charge in [-0.25, -0.2) is 0 Å². The molecular formula is C18H21NO2. The summed E-state index contributed by atoms with van der Waals surface area (Å²) in [6.45, 7) is 2.86. The Morgan fingerprint density at radius 1 is 1.05 bits per heavy atom. The highest BCUT2D eigenvalue weighted by Gasteiger charge is 2.17. The summed E-state index contributed by atoms with van der Waals surface area (Å²) in [5, 5.41) is 0. The normalized spacial score (nSPS) is 11.7. The molecule has 0 saturated carbocycles. The minimum Gasteiger partial charge on any atom is -0.461 e. The molecule has 0 aliphatic heterocycles.